The Kier molecular flexibility index (Phi) is 9.57. The van der Waals surface area contributed by atoms with Crippen LogP contribution < -0.4 is 42.9 Å². The van der Waals surface area contributed by atoms with Crippen molar-refractivity contribution in [1.82, 2.24) is 0 Å². The first-order chi connectivity index (χ1) is 18.1. The molecule has 196 valence electrons. The predicted octanol–water partition coefficient (Wildman–Crippen LogP) is 4.89. The average molecular weight is 655 g/mol. The molecule has 0 N–H and O–H groups in total. The number of anilines is 1. The van der Waals surface area contributed by atoms with E-state index in [2.05, 4.69) is 96.2 Å². The van der Waals surface area contributed by atoms with Gasteiger partial charge in [-0.2, -0.15) is 4.57 Å². The molecule has 0 bridgehead atoms. The van der Waals surface area contributed by atoms with Crippen LogP contribution in [0.25, 0.3) is 28.4 Å². The molecule has 0 saturated carbocycles. The topological polar surface area (TPSA) is 25.6 Å². The Labute approximate surface area is 250 Å². The first-order valence-electron chi connectivity index (χ1n) is 12.4. The largest absolute Gasteiger partial charge is 1.00 e. The Morgan fingerprint density at radius 2 is 1.55 bits per heavy atom. The van der Waals surface area contributed by atoms with Crippen molar-refractivity contribution in [2.45, 2.75) is 25.3 Å². The van der Waals surface area contributed by atoms with E-state index >= 15 is 0 Å². The lowest BCUT2D eigenvalue weighted by Gasteiger charge is -2.18. The zero-order chi connectivity index (χ0) is 25.8. The first-order valence-corrected chi connectivity index (χ1v) is 14.1. The average Bonchev–Trinajstić information content (AvgIpc) is 3.47. The smallest absolute Gasteiger partial charge is 0.262 e. The van der Waals surface area contributed by atoms with Gasteiger partial charge in [-0.3, -0.25) is 0 Å². The van der Waals surface area contributed by atoms with Crippen molar-refractivity contribution in [3.05, 3.63) is 94.0 Å². The highest BCUT2D eigenvalue weighted by molar-refractivity contribution is 8.03. The summed E-state index contributed by atoms with van der Waals surface area (Å²) in [5.74, 6) is 1.76. The van der Waals surface area contributed by atoms with Crippen LogP contribution in [0, 0.1) is 0 Å². The fraction of sp³-hybridized carbons (Fsp3) is 0.194. The number of allylic oxidation sites excluding steroid dienone is 2. The molecule has 2 heterocycles. The Bertz CT molecular complexity index is 1510. The zero-order valence-corrected chi connectivity index (χ0v) is 25.8. The number of rotatable bonds is 8. The predicted molar refractivity (Wildman–Crippen MR) is 159 cm³/mol. The number of methoxy groups -OCH3 is 2. The monoisotopic (exact) mass is 654 g/mol. The number of aromatic nitrogens is 1. The fourth-order valence-corrected chi connectivity index (χ4v) is 6.76. The summed E-state index contributed by atoms with van der Waals surface area (Å²) in [6, 6.07) is 21.1. The van der Waals surface area contributed by atoms with Crippen LogP contribution in [0.3, 0.4) is 0 Å². The summed E-state index contributed by atoms with van der Waals surface area (Å²) in [7, 11) is 3.40. The summed E-state index contributed by atoms with van der Waals surface area (Å²) in [5, 5.41) is 2.48. The summed E-state index contributed by atoms with van der Waals surface area (Å²) in [6.45, 7) is 6.23. The maximum absolute atomic E-state index is 5.44. The minimum absolute atomic E-state index is 0. The summed E-state index contributed by atoms with van der Waals surface area (Å²) < 4.78 is 14.4. The molecule has 4 aromatic rings. The Morgan fingerprint density at radius 3 is 2.26 bits per heavy atom. The molecular formula is C31H31IN2O2S2. The van der Waals surface area contributed by atoms with Gasteiger partial charge in [-0.15, -0.1) is 0 Å². The molecule has 5 rings (SSSR count). The van der Waals surface area contributed by atoms with Gasteiger partial charge >= 0.3 is 0 Å². The molecule has 0 saturated heterocycles. The fourth-order valence-electron chi connectivity index (χ4n) is 4.45. The maximum Gasteiger partial charge on any atom is 0.262 e. The van der Waals surface area contributed by atoms with Crippen molar-refractivity contribution in [3.8, 4) is 11.5 Å². The van der Waals surface area contributed by atoms with E-state index in [0.717, 1.165) is 30.2 Å². The molecule has 38 heavy (non-hydrogen) atoms. The van der Waals surface area contributed by atoms with E-state index in [9.17, 15) is 0 Å². The minimum atomic E-state index is 0. The van der Waals surface area contributed by atoms with E-state index in [0.29, 0.717) is 0 Å². The molecule has 3 aromatic carbocycles. The summed E-state index contributed by atoms with van der Waals surface area (Å²) in [6.07, 6.45) is 10.9. The third kappa shape index (κ3) is 5.95. The number of aryl methyl sites for hydroxylation is 1. The van der Waals surface area contributed by atoms with Gasteiger partial charge in [0.1, 0.15) is 22.7 Å². The molecule has 0 spiro atoms. The summed E-state index contributed by atoms with van der Waals surface area (Å²) in [5.41, 5.74) is 4.83. The van der Waals surface area contributed by atoms with Gasteiger partial charge in [0, 0.05) is 29.6 Å². The van der Waals surface area contributed by atoms with Crippen LogP contribution in [-0.2, 0) is 6.54 Å². The normalized spacial score (nSPS) is 14.0. The maximum atomic E-state index is 5.44. The van der Waals surface area contributed by atoms with Crippen molar-refractivity contribution in [3.63, 3.8) is 0 Å². The van der Waals surface area contributed by atoms with Crippen molar-refractivity contribution in [2.75, 3.05) is 25.7 Å². The van der Waals surface area contributed by atoms with Crippen molar-refractivity contribution >= 4 is 57.2 Å². The molecule has 0 amide bonds. The van der Waals surface area contributed by atoms with E-state index < -0.39 is 0 Å². The Morgan fingerprint density at radius 1 is 0.842 bits per heavy atom. The molecule has 7 heteroatoms. The van der Waals surface area contributed by atoms with Crippen LogP contribution in [0.4, 0.5) is 5.69 Å². The van der Waals surface area contributed by atoms with Crippen LogP contribution in [0.1, 0.15) is 30.0 Å². The highest BCUT2D eigenvalue weighted by Crippen LogP contribution is 2.47. The Hall–Kier alpha value is -2.75. The van der Waals surface area contributed by atoms with E-state index in [1.165, 1.54) is 36.4 Å². The van der Waals surface area contributed by atoms with Gasteiger partial charge in [0.25, 0.3) is 5.01 Å². The second-order valence-electron chi connectivity index (χ2n) is 8.56. The van der Waals surface area contributed by atoms with Gasteiger partial charge in [-0.05, 0) is 67.4 Å². The van der Waals surface area contributed by atoms with Crippen molar-refractivity contribution < 1.29 is 38.0 Å². The Balaban J connectivity index is 0.00000336. The molecule has 0 radical (unpaired) electrons. The van der Waals surface area contributed by atoms with Crippen LogP contribution in [0.5, 0.6) is 11.5 Å². The standard InChI is InChI=1S/C31H31N2O2S2.HI/c1-5-32-26-18-14-23(11-10-22-12-15-24(34-3)16-13-22)20-29(26)37-30(32)8-7-9-31-33(6-2)27-21-25(35-4)17-19-28(27)36-31;/h7-21H,5-6H2,1-4H3;1H/q+1;/p-1/b11-10+;. The molecule has 1 aliphatic heterocycles. The molecule has 4 nitrogen and oxygen atoms in total. The number of thioether (sulfide) groups is 1. The highest BCUT2D eigenvalue weighted by Gasteiger charge is 2.24. The second kappa shape index (κ2) is 12.9. The van der Waals surface area contributed by atoms with E-state index in [-0.39, 0.29) is 24.0 Å². The van der Waals surface area contributed by atoms with Crippen LogP contribution in [-0.4, -0.2) is 20.8 Å². The van der Waals surface area contributed by atoms with E-state index in [1.807, 2.05) is 41.3 Å². The number of thiazole rings is 1. The highest BCUT2D eigenvalue weighted by atomic mass is 127. The van der Waals surface area contributed by atoms with Gasteiger partial charge in [0.2, 0.25) is 5.52 Å². The zero-order valence-electron chi connectivity index (χ0n) is 22.0. The van der Waals surface area contributed by atoms with Crippen molar-refractivity contribution in [1.29, 1.82) is 0 Å². The number of benzene rings is 3. The number of ether oxygens (including phenoxy) is 2. The van der Waals surface area contributed by atoms with Gasteiger partial charge in [-0.25, -0.2) is 0 Å². The van der Waals surface area contributed by atoms with Gasteiger partial charge < -0.3 is 38.4 Å². The lowest BCUT2D eigenvalue weighted by molar-refractivity contribution is -0.665. The second-order valence-corrected chi connectivity index (χ2v) is 10.7. The van der Waals surface area contributed by atoms with Crippen LogP contribution >= 0.6 is 23.1 Å². The quantitative estimate of drug-likeness (QED) is 0.154. The SMILES string of the molecule is CCN1C(=CC=Cc2sc3cc(/C=C/c4ccc(OC)cc4)ccc3[n+]2CC)Sc2ccc(OC)cc21.[I-]. The van der Waals surface area contributed by atoms with E-state index in [4.69, 9.17) is 9.47 Å². The minimum Gasteiger partial charge on any atom is -1.00 e. The molecule has 0 unspecified atom stereocenters. The molecular weight excluding hydrogens is 623 g/mol. The van der Waals surface area contributed by atoms with Gasteiger partial charge in [0.15, 0.2) is 0 Å². The first kappa shape index (κ1) is 28.3. The molecule has 0 aliphatic carbocycles. The third-order valence-corrected chi connectivity index (χ3v) is 8.63. The number of hydrogen-bond donors (Lipinski definition) is 0. The van der Waals surface area contributed by atoms with Crippen LogP contribution in [0.15, 0.2) is 82.7 Å². The van der Waals surface area contributed by atoms with Crippen molar-refractivity contribution in [2.24, 2.45) is 0 Å². The molecule has 1 aromatic heterocycles. The number of hydrogen-bond acceptors (Lipinski definition) is 5. The van der Waals surface area contributed by atoms with Crippen LogP contribution in [0.2, 0.25) is 0 Å². The number of nitrogens with zero attached hydrogens (tertiary/aromatic N) is 2. The lowest BCUT2D eigenvalue weighted by Crippen LogP contribution is -3.00. The summed E-state index contributed by atoms with van der Waals surface area (Å²) >= 11 is 3.64. The van der Waals surface area contributed by atoms with E-state index in [1.54, 1.807) is 14.2 Å². The molecule has 1 aliphatic rings. The summed E-state index contributed by atoms with van der Waals surface area (Å²) in [4.78, 5) is 3.61. The molecule has 0 atom stereocenters. The molecule has 0 fully saturated rings. The third-order valence-electron chi connectivity index (χ3n) is 6.39. The number of fused-ring (bicyclic) bond motifs is 2. The van der Waals surface area contributed by atoms with Gasteiger partial charge in [-0.1, -0.05) is 53.5 Å². The number of halogens is 1. The van der Waals surface area contributed by atoms with Gasteiger partial charge in [0.05, 0.1) is 24.9 Å². The lowest BCUT2D eigenvalue weighted by atomic mass is 10.1.